The van der Waals surface area contributed by atoms with Gasteiger partial charge >= 0.3 is 5.97 Å². The van der Waals surface area contributed by atoms with E-state index < -0.39 is 5.97 Å². The molecule has 2 rings (SSSR count). The summed E-state index contributed by atoms with van der Waals surface area (Å²) in [5, 5.41) is 9.04. The average molecular weight is 270 g/mol. The molecule has 0 atom stereocenters. The monoisotopic (exact) mass is 269 g/mol. The number of hydrogen-bond acceptors (Lipinski definition) is 2. The van der Waals surface area contributed by atoms with Crippen molar-refractivity contribution < 1.29 is 14.7 Å². The van der Waals surface area contributed by atoms with Crippen LogP contribution in [-0.4, -0.2) is 24.0 Å². The molecule has 1 aromatic rings. The molecule has 0 spiro atoms. The standard InChI is InChI=1S/C10H8BrNO3/c1-12-7-3-2-6(11)9(10(14)15)5(7)4-8(12)13/h2-3H,4H2,1H3,(H,14,15). The van der Waals surface area contributed by atoms with E-state index in [9.17, 15) is 9.59 Å². The van der Waals surface area contributed by atoms with Gasteiger partial charge in [-0.15, -0.1) is 0 Å². The second-order valence-corrected chi connectivity index (χ2v) is 4.21. The van der Waals surface area contributed by atoms with E-state index in [1.54, 1.807) is 19.2 Å². The van der Waals surface area contributed by atoms with Crippen molar-refractivity contribution in [2.24, 2.45) is 0 Å². The van der Waals surface area contributed by atoms with Crippen LogP contribution in [0.5, 0.6) is 0 Å². The largest absolute Gasteiger partial charge is 0.478 e. The Bertz CT molecular complexity index is 470. The van der Waals surface area contributed by atoms with Gasteiger partial charge in [-0.3, -0.25) is 4.79 Å². The first-order valence-electron chi connectivity index (χ1n) is 4.33. The molecule has 1 amide bonds. The zero-order valence-electron chi connectivity index (χ0n) is 7.95. The van der Waals surface area contributed by atoms with Gasteiger partial charge in [0.1, 0.15) is 0 Å². The number of aromatic carboxylic acids is 1. The first kappa shape index (κ1) is 10.2. The van der Waals surface area contributed by atoms with Crippen molar-refractivity contribution in [3.8, 4) is 0 Å². The smallest absolute Gasteiger partial charge is 0.337 e. The van der Waals surface area contributed by atoms with Gasteiger partial charge in [-0.1, -0.05) is 0 Å². The Labute approximate surface area is 94.6 Å². The van der Waals surface area contributed by atoms with Crippen molar-refractivity contribution >= 4 is 33.5 Å². The number of nitrogens with zero attached hydrogens (tertiary/aromatic N) is 1. The van der Waals surface area contributed by atoms with Gasteiger partial charge in [0.15, 0.2) is 0 Å². The highest BCUT2D eigenvalue weighted by molar-refractivity contribution is 9.10. The number of carboxylic acid groups (broad SMARTS) is 1. The van der Waals surface area contributed by atoms with Crippen LogP contribution in [0.2, 0.25) is 0 Å². The van der Waals surface area contributed by atoms with Crippen LogP contribution in [0.1, 0.15) is 15.9 Å². The van der Waals surface area contributed by atoms with Gasteiger partial charge in [0, 0.05) is 22.8 Å². The number of benzene rings is 1. The molecule has 0 bridgehead atoms. The Morgan fingerprint density at radius 2 is 2.20 bits per heavy atom. The van der Waals surface area contributed by atoms with Crippen LogP contribution in [0.25, 0.3) is 0 Å². The highest BCUT2D eigenvalue weighted by Gasteiger charge is 2.29. The lowest BCUT2D eigenvalue weighted by Gasteiger charge is -2.11. The molecule has 0 radical (unpaired) electrons. The SMILES string of the molecule is CN1C(=O)Cc2c1ccc(Br)c2C(=O)O. The number of hydrogen-bond donors (Lipinski definition) is 1. The van der Waals surface area contributed by atoms with Crippen molar-refractivity contribution in [2.75, 3.05) is 11.9 Å². The highest BCUT2D eigenvalue weighted by Crippen LogP contribution is 2.34. The Morgan fingerprint density at radius 1 is 1.53 bits per heavy atom. The summed E-state index contributed by atoms with van der Waals surface area (Å²) in [6, 6.07) is 3.40. The summed E-state index contributed by atoms with van der Waals surface area (Å²) < 4.78 is 0.511. The molecule has 1 heterocycles. The second kappa shape index (κ2) is 3.34. The van der Waals surface area contributed by atoms with E-state index in [0.717, 1.165) is 0 Å². The minimum absolute atomic E-state index is 0.0781. The lowest BCUT2D eigenvalue weighted by Crippen LogP contribution is -2.20. The van der Waals surface area contributed by atoms with Crippen LogP contribution in [0.15, 0.2) is 16.6 Å². The quantitative estimate of drug-likeness (QED) is 0.844. The minimum atomic E-state index is -1.01. The molecule has 1 aromatic carbocycles. The molecule has 1 aliphatic heterocycles. The van der Waals surface area contributed by atoms with Gasteiger partial charge in [-0.05, 0) is 28.1 Å². The third-order valence-electron chi connectivity index (χ3n) is 2.51. The second-order valence-electron chi connectivity index (χ2n) is 3.35. The fourth-order valence-corrected chi connectivity index (χ4v) is 2.28. The Morgan fingerprint density at radius 3 is 2.80 bits per heavy atom. The maximum absolute atomic E-state index is 11.4. The zero-order valence-corrected chi connectivity index (χ0v) is 9.54. The van der Waals surface area contributed by atoms with Gasteiger partial charge < -0.3 is 10.0 Å². The number of halogens is 1. The number of carbonyl (C=O) groups excluding carboxylic acids is 1. The van der Waals surface area contributed by atoms with Crippen LogP contribution >= 0.6 is 15.9 Å². The molecule has 0 fully saturated rings. The lowest BCUT2D eigenvalue weighted by atomic mass is 10.1. The Hall–Kier alpha value is -1.36. The summed E-state index contributed by atoms with van der Waals surface area (Å²) in [5.41, 5.74) is 1.45. The minimum Gasteiger partial charge on any atom is -0.478 e. The highest BCUT2D eigenvalue weighted by atomic mass is 79.9. The van der Waals surface area contributed by atoms with Crippen LogP contribution in [-0.2, 0) is 11.2 Å². The maximum atomic E-state index is 11.4. The van der Waals surface area contributed by atoms with Crippen molar-refractivity contribution in [3.63, 3.8) is 0 Å². The molecular formula is C10H8BrNO3. The van der Waals surface area contributed by atoms with Gasteiger partial charge in [-0.2, -0.15) is 0 Å². The van der Waals surface area contributed by atoms with Gasteiger partial charge in [0.05, 0.1) is 12.0 Å². The molecular weight excluding hydrogens is 262 g/mol. The van der Waals surface area contributed by atoms with Crippen molar-refractivity contribution in [1.29, 1.82) is 0 Å². The fourth-order valence-electron chi connectivity index (χ4n) is 1.74. The van der Waals surface area contributed by atoms with Gasteiger partial charge in [-0.25, -0.2) is 4.79 Å². The fraction of sp³-hybridized carbons (Fsp3) is 0.200. The van der Waals surface area contributed by atoms with Gasteiger partial charge in [0.2, 0.25) is 5.91 Å². The molecule has 1 aliphatic rings. The van der Waals surface area contributed by atoms with E-state index in [1.165, 1.54) is 4.90 Å². The molecule has 0 aromatic heterocycles. The molecule has 4 nitrogen and oxygen atoms in total. The van der Waals surface area contributed by atoms with Crippen LogP contribution < -0.4 is 4.90 Å². The molecule has 78 valence electrons. The summed E-state index contributed by atoms with van der Waals surface area (Å²) >= 11 is 3.18. The number of anilines is 1. The first-order chi connectivity index (χ1) is 7.02. The number of fused-ring (bicyclic) bond motifs is 1. The molecule has 15 heavy (non-hydrogen) atoms. The number of likely N-dealkylation sites (N-methyl/N-ethyl adjacent to an activating group) is 1. The average Bonchev–Trinajstić information content (AvgIpc) is 2.42. The first-order valence-corrected chi connectivity index (χ1v) is 5.13. The van der Waals surface area contributed by atoms with Crippen molar-refractivity contribution in [3.05, 3.63) is 27.7 Å². The zero-order chi connectivity index (χ0) is 11.2. The van der Waals surface area contributed by atoms with E-state index in [4.69, 9.17) is 5.11 Å². The van der Waals surface area contributed by atoms with E-state index in [-0.39, 0.29) is 17.9 Å². The van der Waals surface area contributed by atoms with Crippen LogP contribution in [0.3, 0.4) is 0 Å². The Kier molecular flexibility index (Phi) is 2.26. The Balaban J connectivity index is 2.69. The summed E-state index contributed by atoms with van der Waals surface area (Å²) in [6.07, 6.45) is 0.160. The predicted octanol–water partition coefficient (Wildman–Crippen LogP) is 1.67. The number of amides is 1. The summed E-state index contributed by atoms with van der Waals surface area (Å²) in [5.74, 6) is -1.09. The van der Waals surface area contributed by atoms with Crippen molar-refractivity contribution in [2.45, 2.75) is 6.42 Å². The topological polar surface area (TPSA) is 57.6 Å². The predicted molar refractivity (Wildman–Crippen MR) is 58.2 cm³/mol. The van der Waals surface area contributed by atoms with Crippen LogP contribution in [0.4, 0.5) is 5.69 Å². The van der Waals surface area contributed by atoms with E-state index >= 15 is 0 Å². The van der Waals surface area contributed by atoms with E-state index in [0.29, 0.717) is 15.7 Å². The number of rotatable bonds is 1. The molecule has 0 unspecified atom stereocenters. The molecule has 5 heteroatoms. The maximum Gasteiger partial charge on any atom is 0.337 e. The third kappa shape index (κ3) is 1.43. The van der Waals surface area contributed by atoms with Gasteiger partial charge in [0.25, 0.3) is 0 Å². The third-order valence-corrected chi connectivity index (χ3v) is 3.18. The summed E-state index contributed by atoms with van der Waals surface area (Å²) in [4.78, 5) is 24.0. The molecule has 0 saturated carbocycles. The number of carbonyl (C=O) groups is 2. The molecule has 0 saturated heterocycles. The summed E-state index contributed by atoms with van der Waals surface area (Å²) in [7, 11) is 1.65. The van der Waals surface area contributed by atoms with Crippen molar-refractivity contribution in [1.82, 2.24) is 0 Å². The van der Waals surface area contributed by atoms with E-state index in [1.807, 2.05) is 0 Å². The van der Waals surface area contributed by atoms with Crippen LogP contribution in [0, 0.1) is 0 Å². The van der Waals surface area contributed by atoms with E-state index in [2.05, 4.69) is 15.9 Å². The molecule has 1 N–H and O–H groups in total. The number of carboxylic acids is 1. The summed E-state index contributed by atoms with van der Waals surface area (Å²) in [6.45, 7) is 0. The lowest BCUT2D eigenvalue weighted by molar-refractivity contribution is -0.117. The molecule has 0 aliphatic carbocycles. The normalized spacial score (nSPS) is 14.3.